The Morgan fingerprint density at radius 1 is 0.345 bits per heavy atom. The summed E-state index contributed by atoms with van der Waals surface area (Å²) in [5.41, 5.74) is 14.4. The highest BCUT2D eigenvalue weighted by Crippen LogP contribution is 2.39. The van der Waals surface area contributed by atoms with Gasteiger partial charge >= 0.3 is 0 Å². The van der Waals surface area contributed by atoms with Crippen LogP contribution in [0.4, 0.5) is 0 Å². The Morgan fingerprint density at radius 2 is 0.776 bits per heavy atom. The molecule has 5 heteroatoms. The highest BCUT2D eigenvalue weighted by molar-refractivity contribution is 6.12. The molecule has 0 unspecified atom stereocenters. The lowest BCUT2D eigenvalue weighted by atomic mass is 10.0. The van der Waals surface area contributed by atoms with Crippen LogP contribution in [0, 0.1) is 11.3 Å². The summed E-state index contributed by atoms with van der Waals surface area (Å²) in [6, 6.07) is 72.1. The molecule has 11 aromatic rings. The first kappa shape index (κ1) is 33.3. The van der Waals surface area contributed by atoms with Crippen LogP contribution in [0.15, 0.2) is 200 Å². The average Bonchev–Trinajstić information content (AvgIpc) is 3.82. The number of benzene rings is 8. The van der Waals surface area contributed by atoms with Crippen molar-refractivity contribution in [3.05, 3.63) is 206 Å². The average molecular weight is 740 g/mol. The maximum Gasteiger partial charge on any atom is 0.160 e. The van der Waals surface area contributed by atoms with Gasteiger partial charge in [-0.05, 0) is 90.0 Å². The van der Waals surface area contributed by atoms with E-state index in [0.717, 1.165) is 50.5 Å². The van der Waals surface area contributed by atoms with Crippen LogP contribution < -0.4 is 0 Å². The van der Waals surface area contributed by atoms with Crippen LogP contribution in [0.2, 0.25) is 0 Å². The molecule has 11 rings (SSSR count). The van der Waals surface area contributed by atoms with Crippen molar-refractivity contribution in [2.45, 2.75) is 0 Å². The fourth-order valence-corrected chi connectivity index (χ4v) is 8.39. The van der Waals surface area contributed by atoms with E-state index in [4.69, 9.17) is 9.97 Å². The highest BCUT2D eigenvalue weighted by Gasteiger charge is 2.17. The maximum absolute atomic E-state index is 9.37. The van der Waals surface area contributed by atoms with Gasteiger partial charge in [0, 0.05) is 49.6 Å². The van der Waals surface area contributed by atoms with Crippen LogP contribution in [0.3, 0.4) is 0 Å². The summed E-state index contributed by atoms with van der Waals surface area (Å²) in [6.45, 7) is 0. The molecule has 3 heterocycles. The van der Waals surface area contributed by atoms with Crippen LogP contribution in [0.5, 0.6) is 0 Å². The normalized spacial score (nSPS) is 11.4. The zero-order valence-electron chi connectivity index (χ0n) is 31.3. The molecule has 0 amide bonds. The Labute approximate surface area is 335 Å². The van der Waals surface area contributed by atoms with Crippen LogP contribution >= 0.6 is 0 Å². The maximum atomic E-state index is 9.37. The number of nitriles is 1. The molecular weight excluding hydrogens is 707 g/mol. The van der Waals surface area contributed by atoms with Gasteiger partial charge < -0.3 is 9.13 Å². The molecule has 0 radical (unpaired) electrons. The number of fused-ring (bicyclic) bond motifs is 6. The molecule has 58 heavy (non-hydrogen) atoms. The van der Waals surface area contributed by atoms with Crippen molar-refractivity contribution in [2.24, 2.45) is 0 Å². The molecule has 270 valence electrons. The van der Waals surface area contributed by atoms with Gasteiger partial charge in [-0.15, -0.1) is 0 Å². The van der Waals surface area contributed by atoms with Crippen molar-refractivity contribution in [3.63, 3.8) is 0 Å². The third-order valence-corrected chi connectivity index (χ3v) is 11.2. The minimum Gasteiger partial charge on any atom is -0.309 e. The molecule has 0 bridgehead atoms. The summed E-state index contributed by atoms with van der Waals surface area (Å²) in [7, 11) is 0. The Hall–Kier alpha value is -8.07. The van der Waals surface area contributed by atoms with Gasteiger partial charge in [0.15, 0.2) is 5.82 Å². The summed E-state index contributed by atoms with van der Waals surface area (Å²) < 4.78 is 4.71. The molecular formula is C53H33N5. The van der Waals surface area contributed by atoms with E-state index >= 15 is 0 Å². The Morgan fingerprint density at radius 3 is 1.31 bits per heavy atom. The molecule has 8 aromatic carbocycles. The largest absolute Gasteiger partial charge is 0.309 e. The number of hydrogen-bond acceptors (Lipinski definition) is 3. The van der Waals surface area contributed by atoms with Crippen molar-refractivity contribution >= 4 is 43.6 Å². The summed E-state index contributed by atoms with van der Waals surface area (Å²) in [5, 5.41) is 14.3. The number of rotatable bonds is 6. The first-order chi connectivity index (χ1) is 28.7. The fraction of sp³-hybridized carbons (Fsp3) is 0. The lowest BCUT2D eigenvalue weighted by molar-refractivity contribution is 1.17. The molecule has 0 spiro atoms. The first-order valence-electron chi connectivity index (χ1n) is 19.4. The predicted molar refractivity (Wildman–Crippen MR) is 237 cm³/mol. The van der Waals surface area contributed by atoms with Gasteiger partial charge in [-0.1, -0.05) is 121 Å². The Balaban J connectivity index is 1.00. The minimum absolute atomic E-state index is 0.614. The predicted octanol–water partition coefficient (Wildman–Crippen LogP) is 13.2. The van der Waals surface area contributed by atoms with Gasteiger partial charge in [0.25, 0.3) is 0 Å². The van der Waals surface area contributed by atoms with E-state index in [0.29, 0.717) is 11.4 Å². The van der Waals surface area contributed by atoms with Crippen molar-refractivity contribution in [1.29, 1.82) is 5.26 Å². The van der Waals surface area contributed by atoms with Gasteiger partial charge in [-0.3, -0.25) is 0 Å². The van der Waals surface area contributed by atoms with E-state index in [1.54, 1.807) is 0 Å². The second-order valence-corrected chi connectivity index (χ2v) is 14.6. The zero-order chi connectivity index (χ0) is 38.6. The van der Waals surface area contributed by atoms with E-state index in [1.807, 2.05) is 60.7 Å². The quantitative estimate of drug-likeness (QED) is 0.171. The van der Waals surface area contributed by atoms with E-state index in [1.165, 1.54) is 43.7 Å². The molecule has 0 fully saturated rings. The summed E-state index contributed by atoms with van der Waals surface area (Å²) in [5.74, 6) is 0.654. The second-order valence-electron chi connectivity index (χ2n) is 14.6. The van der Waals surface area contributed by atoms with Crippen molar-refractivity contribution < 1.29 is 0 Å². The highest BCUT2D eigenvalue weighted by atomic mass is 15.0. The van der Waals surface area contributed by atoms with Crippen LogP contribution in [0.1, 0.15) is 5.56 Å². The Kier molecular flexibility index (Phi) is 7.80. The van der Waals surface area contributed by atoms with Gasteiger partial charge in [0.05, 0.1) is 45.1 Å². The monoisotopic (exact) mass is 739 g/mol. The molecule has 0 aliphatic heterocycles. The molecule has 0 atom stereocenters. The lowest BCUT2D eigenvalue weighted by Gasteiger charge is -2.12. The lowest BCUT2D eigenvalue weighted by Crippen LogP contribution is -1.97. The topological polar surface area (TPSA) is 59.4 Å². The van der Waals surface area contributed by atoms with Crippen molar-refractivity contribution in [3.8, 4) is 62.5 Å². The third-order valence-electron chi connectivity index (χ3n) is 11.2. The van der Waals surface area contributed by atoms with Crippen molar-refractivity contribution in [1.82, 2.24) is 19.1 Å². The van der Waals surface area contributed by atoms with E-state index < -0.39 is 0 Å². The molecule has 0 N–H and O–H groups in total. The molecule has 0 aliphatic carbocycles. The molecule has 0 saturated heterocycles. The van der Waals surface area contributed by atoms with E-state index in [9.17, 15) is 5.26 Å². The van der Waals surface area contributed by atoms with Gasteiger partial charge in [-0.25, -0.2) is 9.97 Å². The number of hydrogen-bond donors (Lipinski definition) is 0. The van der Waals surface area contributed by atoms with Crippen LogP contribution in [0.25, 0.3) is 100 Å². The SMILES string of the molecule is N#Cc1ccc(-c2cc(-c3ccc(-n4c5ccccc5c5cc(-c6ccc7c(c6)c6ccccc6n7-c6ccccc6)ccc54)cc3)nc(-c3ccccc3)n2)cc1. The number of nitrogens with zero attached hydrogens (tertiary/aromatic N) is 5. The first-order valence-corrected chi connectivity index (χ1v) is 19.4. The minimum atomic E-state index is 0.614. The molecule has 0 aliphatic rings. The number of para-hydroxylation sites is 3. The van der Waals surface area contributed by atoms with E-state index in [-0.39, 0.29) is 0 Å². The van der Waals surface area contributed by atoms with Crippen molar-refractivity contribution in [2.75, 3.05) is 0 Å². The summed E-state index contributed by atoms with van der Waals surface area (Å²) in [4.78, 5) is 10.00. The smallest absolute Gasteiger partial charge is 0.160 e. The summed E-state index contributed by atoms with van der Waals surface area (Å²) >= 11 is 0. The molecule has 3 aromatic heterocycles. The third kappa shape index (κ3) is 5.55. The standard InChI is InChI=1S/C53H33N5/c54-34-35-19-21-36(22-20-35)47-33-48(56-53(55-47)38-11-3-1-4-12-38)37-23-27-42(28-24-37)58-50-18-10-8-16-44(50)46-32-40(26-30-52(46)58)39-25-29-51-45(31-39)43-15-7-9-17-49(43)57(51)41-13-5-2-6-14-41/h1-33H. The van der Waals surface area contributed by atoms with Crippen LogP contribution in [-0.4, -0.2) is 19.1 Å². The van der Waals surface area contributed by atoms with Gasteiger partial charge in [-0.2, -0.15) is 5.26 Å². The van der Waals surface area contributed by atoms with Gasteiger partial charge in [0.2, 0.25) is 0 Å². The Bertz CT molecular complexity index is 3370. The summed E-state index contributed by atoms with van der Waals surface area (Å²) in [6.07, 6.45) is 0. The number of aromatic nitrogens is 4. The van der Waals surface area contributed by atoms with E-state index in [2.05, 4.69) is 155 Å². The molecule has 5 nitrogen and oxygen atoms in total. The van der Waals surface area contributed by atoms with Gasteiger partial charge in [0.1, 0.15) is 0 Å². The van der Waals surface area contributed by atoms with Crippen LogP contribution in [-0.2, 0) is 0 Å². The molecule has 0 saturated carbocycles. The zero-order valence-corrected chi connectivity index (χ0v) is 31.3. The fourth-order valence-electron chi connectivity index (χ4n) is 8.39. The second kappa shape index (κ2) is 13.6.